The van der Waals surface area contributed by atoms with Crippen LogP contribution in [0.25, 0.3) is 0 Å². The van der Waals surface area contributed by atoms with E-state index >= 15 is 0 Å². The zero-order chi connectivity index (χ0) is 17.4. The number of benzene rings is 2. The Morgan fingerprint density at radius 2 is 2.00 bits per heavy atom. The maximum Gasteiger partial charge on any atom is 0.256 e. The van der Waals surface area contributed by atoms with Gasteiger partial charge in [0.05, 0.1) is 0 Å². The lowest BCUT2D eigenvalue weighted by Crippen LogP contribution is -2.48. The summed E-state index contributed by atoms with van der Waals surface area (Å²) in [7, 11) is 0. The monoisotopic (exact) mass is 356 g/mol. The SMILES string of the molecule is Cc1ccc(C2NNC(NC(=O)C3Nc4ccccc4S3)O2)c(C)c1. The number of para-hydroxylation sites is 1. The number of aryl methyl sites for hydroxylation is 2. The molecule has 3 atom stereocenters. The van der Waals surface area contributed by atoms with Gasteiger partial charge in [0.1, 0.15) is 0 Å². The molecule has 2 aliphatic heterocycles. The number of amides is 1. The van der Waals surface area contributed by atoms with Crippen LogP contribution in [0.15, 0.2) is 47.4 Å². The van der Waals surface area contributed by atoms with Crippen LogP contribution in [-0.4, -0.2) is 17.6 Å². The largest absolute Gasteiger partial charge is 0.364 e. The summed E-state index contributed by atoms with van der Waals surface area (Å²) in [5.41, 5.74) is 10.5. The van der Waals surface area contributed by atoms with Gasteiger partial charge in [0.15, 0.2) is 11.6 Å². The summed E-state index contributed by atoms with van der Waals surface area (Å²) in [5.74, 6) is -0.123. The molecule has 2 aromatic rings. The molecule has 0 aromatic heterocycles. The number of ether oxygens (including phenoxy) is 1. The minimum absolute atomic E-state index is 0.123. The lowest BCUT2D eigenvalue weighted by Gasteiger charge is -2.17. The molecule has 2 heterocycles. The topological polar surface area (TPSA) is 74.4 Å². The second-order valence-corrected chi connectivity index (χ2v) is 7.34. The number of anilines is 1. The van der Waals surface area contributed by atoms with Gasteiger partial charge in [0.2, 0.25) is 6.35 Å². The summed E-state index contributed by atoms with van der Waals surface area (Å²) in [6.45, 7) is 4.11. The second kappa shape index (κ2) is 6.68. The van der Waals surface area contributed by atoms with Crippen LogP contribution in [0.1, 0.15) is 22.9 Å². The Labute approximate surface area is 150 Å². The molecule has 0 spiro atoms. The minimum Gasteiger partial charge on any atom is -0.364 e. The Bertz CT molecular complexity index is 788. The van der Waals surface area contributed by atoms with E-state index in [1.807, 2.05) is 30.3 Å². The van der Waals surface area contributed by atoms with Crippen molar-refractivity contribution in [2.45, 2.75) is 36.7 Å². The molecular formula is C18H20N4O2S. The number of hydrogen-bond donors (Lipinski definition) is 4. The van der Waals surface area contributed by atoms with Gasteiger partial charge in [-0.2, -0.15) is 0 Å². The summed E-state index contributed by atoms with van der Waals surface area (Å²) in [6.07, 6.45) is -0.878. The Balaban J connectivity index is 1.36. The van der Waals surface area contributed by atoms with E-state index < -0.39 is 6.35 Å². The van der Waals surface area contributed by atoms with E-state index in [-0.39, 0.29) is 17.5 Å². The van der Waals surface area contributed by atoms with Crippen LogP contribution in [0.2, 0.25) is 0 Å². The van der Waals surface area contributed by atoms with Gasteiger partial charge in [0, 0.05) is 10.6 Å². The predicted octanol–water partition coefficient (Wildman–Crippen LogP) is 2.37. The van der Waals surface area contributed by atoms with Crippen LogP contribution in [-0.2, 0) is 9.53 Å². The normalized spacial score (nSPS) is 24.6. The summed E-state index contributed by atoms with van der Waals surface area (Å²) in [4.78, 5) is 13.6. The quantitative estimate of drug-likeness (QED) is 0.677. The number of hydrazine groups is 1. The van der Waals surface area contributed by atoms with Crippen molar-refractivity contribution in [1.82, 2.24) is 16.2 Å². The molecular weight excluding hydrogens is 336 g/mol. The number of thioether (sulfide) groups is 1. The first-order valence-corrected chi connectivity index (χ1v) is 9.04. The van der Waals surface area contributed by atoms with Crippen molar-refractivity contribution in [3.63, 3.8) is 0 Å². The number of nitrogens with one attached hydrogen (secondary N) is 4. The minimum atomic E-state index is -0.579. The fraction of sp³-hybridized carbons (Fsp3) is 0.278. The van der Waals surface area contributed by atoms with E-state index in [2.05, 4.69) is 47.5 Å². The first-order valence-electron chi connectivity index (χ1n) is 8.16. The molecule has 0 radical (unpaired) electrons. The molecule has 0 saturated carbocycles. The van der Waals surface area contributed by atoms with Crippen molar-refractivity contribution in [2.75, 3.05) is 5.32 Å². The third-order valence-corrected chi connectivity index (χ3v) is 5.43. The third kappa shape index (κ3) is 3.36. The Kier molecular flexibility index (Phi) is 4.39. The van der Waals surface area contributed by atoms with Crippen LogP contribution < -0.4 is 21.5 Å². The number of fused-ring (bicyclic) bond motifs is 1. The average Bonchev–Trinajstić information content (AvgIpc) is 3.21. The van der Waals surface area contributed by atoms with Crippen molar-refractivity contribution >= 4 is 23.4 Å². The summed E-state index contributed by atoms with van der Waals surface area (Å²) >= 11 is 1.50. The lowest BCUT2D eigenvalue weighted by atomic mass is 10.0. The van der Waals surface area contributed by atoms with Crippen molar-refractivity contribution in [1.29, 1.82) is 0 Å². The average molecular weight is 356 g/mol. The maximum atomic E-state index is 12.5. The number of hydrogen-bond acceptors (Lipinski definition) is 6. The van der Waals surface area contributed by atoms with Crippen molar-refractivity contribution in [2.24, 2.45) is 0 Å². The van der Waals surface area contributed by atoms with Crippen molar-refractivity contribution in [3.8, 4) is 0 Å². The molecule has 1 fully saturated rings. The molecule has 2 aromatic carbocycles. The van der Waals surface area contributed by atoms with E-state index in [1.165, 1.54) is 17.3 Å². The standard InChI is InChI=1S/C18H20N4O2S/c1-10-7-8-12(11(2)9-10)16-21-22-18(24-16)20-15(23)17-19-13-5-3-4-6-14(13)25-17/h3-9,16-19,21-22H,1-2H3,(H,20,23). The van der Waals surface area contributed by atoms with Gasteiger partial charge in [-0.1, -0.05) is 47.7 Å². The molecule has 7 heteroatoms. The predicted molar refractivity (Wildman–Crippen MR) is 97.7 cm³/mol. The molecule has 3 unspecified atom stereocenters. The molecule has 25 heavy (non-hydrogen) atoms. The van der Waals surface area contributed by atoms with E-state index in [0.29, 0.717) is 0 Å². The Hall–Kier alpha value is -2.06. The van der Waals surface area contributed by atoms with Crippen molar-refractivity contribution < 1.29 is 9.53 Å². The van der Waals surface area contributed by atoms with Crippen LogP contribution >= 0.6 is 11.8 Å². The molecule has 0 aliphatic carbocycles. The third-order valence-electron chi connectivity index (χ3n) is 4.26. The fourth-order valence-electron chi connectivity index (χ4n) is 3.01. The molecule has 1 amide bonds. The van der Waals surface area contributed by atoms with Gasteiger partial charge < -0.3 is 15.4 Å². The highest BCUT2D eigenvalue weighted by atomic mass is 32.2. The van der Waals surface area contributed by atoms with E-state index in [9.17, 15) is 4.79 Å². The van der Waals surface area contributed by atoms with Crippen LogP contribution in [0.3, 0.4) is 0 Å². The van der Waals surface area contributed by atoms with Gasteiger partial charge in [-0.15, -0.1) is 0 Å². The van der Waals surface area contributed by atoms with Gasteiger partial charge in [-0.25, -0.2) is 10.9 Å². The van der Waals surface area contributed by atoms with Gasteiger partial charge in [-0.05, 0) is 37.1 Å². The highest BCUT2D eigenvalue weighted by Crippen LogP contribution is 2.38. The summed E-state index contributed by atoms with van der Waals surface area (Å²) < 4.78 is 5.88. The molecule has 4 N–H and O–H groups in total. The molecule has 130 valence electrons. The highest BCUT2D eigenvalue weighted by molar-refractivity contribution is 8.01. The summed E-state index contributed by atoms with van der Waals surface area (Å²) in [6, 6.07) is 14.1. The Morgan fingerprint density at radius 1 is 1.16 bits per heavy atom. The summed E-state index contributed by atoms with van der Waals surface area (Å²) in [5, 5.41) is 5.72. The highest BCUT2D eigenvalue weighted by Gasteiger charge is 2.32. The number of carbonyl (C=O) groups is 1. The molecule has 1 saturated heterocycles. The van der Waals surface area contributed by atoms with Crippen LogP contribution in [0.5, 0.6) is 0 Å². The van der Waals surface area contributed by atoms with E-state index in [1.54, 1.807) is 0 Å². The number of rotatable bonds is 3. The molecule has 0 bridgehead atoms. The molecule has 2 aliphatic rings. The maximum absolute atomic E-state index is 12.5. The van der Waals surface area contributed by atoms with Crippen LogP contribution in [0, 0.1) is 13.8 Å². The number of carbonyl (C=O) groups excluding carboxylic acids is 1. The first-order chi connectivity index (χ1) is 12.1. The van der Waals surface area contributed by atoms with Crippen molar-refractivity contribution in [3.05, 3.63) is 59.2 Å². The zero-order valence-electron chi connectivity index (χ0n) is 14.0. The smallest absolute Gasteiger partial charge is 0.256 e. The lowest BCUT2D eigenvalue weighted by molar-refractivity contribution is -0.124. The van der Waals surface area contributed by atoms with E-state index in [4.69, 9.17) is 4.74 Å². The van der Waals surface area contributed by atoms with Gasteiger partial charge in [-0.3, -0.25) is 4.79 Å². The second-order valence-electron chi connectivity index (χ2n) is 6.19. The zero-order valence-corrected chi connectivity index (χ0v) is 14.8. The van der Waals surface area contributed by atoms with Crippen LogP contribution in [0.4, 0.5) is 5.69 Å². The molecule has 4 rings (SSSR count). The van der Waals surface area contributed by atoms with Gasteiger partial charge >= 0.3 is 0 Å². The van der Waals surface area contributed by atoms with Gasteiger partial charge in [0.25, 0.3) is 5.91 Å². The van der Waals surface area contributed by atoms with E-state index in [0.717, 1.165) is 21.7 Å². The fourth-order valence-corrected chi connectivity index (χ4v) is 4.03. The molecule has 6 nitrogen and oxygen atoms in total. The first kappa shape index (κ1) is 16.4. The Morgan fingerprint density at radius 3 is 2.80 bits per heavy atom.